The largest absolute Gasteiger partial charge is 0.310 e. The van der Waals surface area contributed by atoms with Crippen molar-refractivity contribution in [1.29, 1.82) is 0 Å². The normalized spacial score (nSPS) is 10.7. The summed E-state index contributed by atoms with van der Waals surface area (Å²) >= 11 is 0. The van der Waals surface area contributed by atoms with Crippen LogP contribution in [0, 0.1) is 6.92 Å². The molecule has 0 spiro atoms. The Morgan fingerprint density at radius 3 is 2.88 bits per heavy atom. The van der Waals surface area contributed by atoms with E-state index in [1.165, 1.54) is 0 Å². The lowest BCUT2D eigenvalue weighted by Gasteiger charge is -2.04. The van der Waals surface area contributed by atoms with Crippen molar-refractivity contribution in [2.75, 3.05) is 13.1 Å². The zero-order valence-corrected chi connectivity index (χ0v) is 10.2. The number of ketones is 1. The molecule has 0 aliphatic heterocycles. The number of Topliss-reactive ketones (excluding diaryl/α,β-unsaturated/α-hetero) is 1. The Hall–Kier alpha value is -1.74. The van der Waals surface area contributed by atoms with E-state index in [-0.39, 0.29) is 5.78 Å². The summed E-state index contributed by atoms with van der Waals surface area (Å²) in [5, 5.41) is 4.05. The van der Waals surface area contributed by atoms with Gasteiger partial charge in [0.25, 0.3) is 0 Å². The molecule has 0 aliphatic rings. The Morgan fingerprint density at radius 1 is 1.29 bits per heavy atom. The van der Waals surface area contributed by atoms with Gasteiger partial charge >= 0.3 is 0 Å². The average molecular weight is 228 g/mol. The number of carbonyl (C=O) groups excluding carboxylic acids is 1. The number of aryl methyl sites for hydroxylation is 1. The number of fused-ring (bicyclic) bond motifs is 1. The molecule has 0 bridgehead atoms. The number of rotatable bonds is 4. The molecule has 0 saturated carbocycles. The lowest BCUT2D eigenvalue weighted by Crippen LogP contribution is -2.22. The van der Waals surface area contributed by atoms with Crippen molar-refractivity contribution in [2.45, 2.75) is 13.8 Å². The molecule has 1 heterocycles. The predicted octanol–water partition coefficient (Wildman–Crippen LogP) is 2.34. The zero-order chi connectivity index (χ0) is 12.3. The topological polar surface area (TPSA) is 42.0 Å². The van der Waals surface area contributed by atoms with Crippen LogP contribution in [0.1, 0.15) is 23.0 Å². The number of hydrogen-bond acceptors (Lipinski definition) is 3. The maximum absolute atomic E-state index is 11.8. The minimum Gasteiger partial charge on any atom is -0.310 e. The standard InChI is InChI=1S/C14H16N2O/c1-3-15-9-14(17)12-6-7-13-11(8-12)5-4-10(2)16-13/h4-8,15H,3,9H2,1-2H3. The van der Waals surface area contributed by atoms with Gasteiger partial charge in [0.15, 0.2) is 5.78 Å². The number of aromatic nitrogens is 1. The van der Waals surface area contributed by atoms with Crippen LogP contribution in [0.25, 0.3) is 10.9 Å². The Morgan fingerprint density at radius 2 is 2.12 bits per heavy atom. The Balaban J connectivity index is 2.31. The van der Waals surface area contributed by atoms with Crippen molar-refractivity contribution in [3.63, 3.8) is 0 Å². The smallest absolute Gasteiger partial charge is 0.176 e. The summed E-state index contributed by atoms with van der Waals surface area (Å²) in [6, 6.07) is 9.61. The number of carbonyl (C=O) groups is 1. The molecule has 0 unspecified atom stereocenters. The number of likely N-dealkylation sites (N-methyl/N-ethyl adjacent to an activating group) is 1. The molecule has 2 aromatic rings. The van der Waals surface area contributed by atoms with E-state index < -0.39 is 0 Å². The number of nitrogens with one attached hydrogen (secondary N) is 1. The monoisotopic (exact) mass is 228 g/mol. The van der Waals surface area contributed by atoms with E-state index >= 15 is 0 Å². The molecule has 0 radical (unpaired) electrons. The summed E-state index contributed by atoms with van der Waals surface area (Å²) in [6.07, 6.45) is 0. The minimum atomic E-state index is 0.120. The van der Waals surface area contributed by atoms with Crippen LogP contribution in [-0.4, -0.2) is 23.9 Å². The van der Waals surface area contributed by atoms with E-state index in [1.807, 2.05) is 44.2 Å². The first-order chi connectivity index (χ1) is 8.20. The third kappa shape index (κ3) is 2.68. The molecule has 0 fully saturated rings. The van der Waals surface area contributed by atoms with Gasteiger partial charge in [0.1, 0.15) is 0 Å². The maximum Gasteiger partial charge on any atom is 0.176 e. The van der Waals surface area contributed by atoms with Crippen LogP contribution in [0.15, 0.2) is 30.3 Å². The predicted molar refractivity (Wildman–Crippen MR) is 69.4 cm³/mol. The molecule has 3 nitrogen and oxygen atoms in total. The summed E-state index contributed by atoms with van der Waals surface area (Å²) in [6.45, 7) is 5.14. The van der Waals surface area contributed by atoms with Crippen LogP contribution in [0.3, 0.4) is 0 Å². The van der Waals surface area contributed by atoms with Gasteiger partial charge in [-0.15, -0.1) is 0 Å². The van der Waals surface area contributed by atoms with Gasteiger partial charge in [0, 0.05) is 16.6 Å². The molecule has 1 N–H and O–H groups in total. The van der Waals surface area contributed by atoms with E-state index in [9.17, 15) is 4.79 Å². The van der Waals surface area contributed by atoms with Crippen LogP contribution in [0.4, 0.5) is 0 Å². The van der Waals surface area contributed by atoms with Crippen LogP contribution in [0.2, 0.25) is 0 Å². The third-order valence-corrected chi connectivity index (χ3v) is 2.69. The molecular weight excluding hydrogens is 212 g/mol. The second-order valence-corrected chi connectivity index (χ2v) is 4.06. The van der Waals surface area contributed by atoms with E-state index in [0.29, 0.717) is 6.54 Å². The Labute approximate surface area is 101 Å². The van der Waals surface area contributed by atoms with Gasteiger partial charge in [-0.1, -0.05) is 13.0 Å². The highest BCUT2D eigenvalue weighted by Gasteiger charge is 2.06. The summed E-state index contributed by atoms with van der Waals surface area (Å²) in [5.41, 5.74) is 2.67. The fourth-order valence-electron chi connectivity index (χ4n) is 1.74. The molecule has 0 amide bonds. The SMILES string of the molecule is CCNCC(=O)c1ccc2nc(C)ccc2c1. The van der Waals surface area contributed by atoms with E-state index in [0.717, 1.165) is 28.7 Å². The van der Waals surface area contributed by atoms with E-state index in [2.05, 4.69) is 10.3 Å². The Bertz CT molecular complexity index is 549. The van der Waals surface area contributed by atoms with Crippen molar-refractivity contribution in [2.24, 2.45) is 0 Å². The lowest BCUT2D eigenvalue weighted by atomic mass is 10.1. The van der Waals surface area contributed by atoms with Crippen molar-refractivity contribution >= 4 is 16.7 Å². The van der Waals surface area contributed by atoms with E-state index in [1.54, 1.807) is 0 Å². The van der Waals surface area contributed by atoms with Gasteiger partial charge < -0.3 is 5.32 Å². The highest BCUT2D eigenvalue weighted by atomic mass is 16.1. The van der Waals surface area contributed by atoms with Crippen LogP contribution in [0.5, 0.6) is 0 Å². The van der Waals surface area contributed by atoms with Gasteiger partial charge in [-0.05, 0) is 37.7 Å². The fourth-order valence-corrected chi connectivity index (χ4v) is 1.74. The molecular formula is C14H16N2O. The first kappa shape index (κ1) is 11.7. The maximum atomic E-state index is 11.8. The van der Waals surface area contributed by atoms with Gasteiger partial charge in [0.05, 0.1) is 12.1 Å². The van der Waals surface area contributed by atoms with Crippen LogP contribution in [-0.2, 0) is 0 Å². The van der Waals surface area contributed by atoms with Gasteiger partial charge in [-0.2, -0.15) is 0 Å². The van der Waals surface area contributed by atoms with Crippen molar-refractivity contribution in [1.82, 2.24) is 10.3 Å². The second-order valence-electron chi connectivity index (χ2n) is 4.06. The number of nitrogens with zero attached hydrogens (tertiary/aromatic N) is 1. The van der Waals surface area contributed by atoms with Gasteiger partial charge in [-0.3, -0.25) is 9.78 Å². The molecule has 17 heavy (non-hydrogen) atoms. The number of pyridine rings is 1. The summed E-state index contributed by atoms with van der Waals surface area (Å²) in [7, 11) is 0. The first-order valence-corrected chi connectivity index (χ1v) is 5.82. The zero-order valence-electron chi connectivity index (χ0n) is 10.2. The lowest BCUT2D eigenvalue weighted by molar-refractivity contribution is 0.0992. The summed E-state index contributed by atoms with van der Waals surface area (Å²) < 4.78 is 0. The van der Waals surface area contributed by atoms with Gasteiger partial charge in [-0.25, -0.2) is 0 Å². The highest BCUT2D eigenvalue weighted by molar-refractivity contribution is 6.00. The second kappa shape index (κ2) is 5.06. The molecule has 0 saturated heterocycles. The van der Waals surface area contributed by atoms with E-state index in [4.69, 9.17) is 0 Å². The quantitative estimate of drug-likeness (QED) is 0.817. The first-order valence-electron chi connectivity index (χ1n) is 5.82. The molecule has 1 aromatic carbocycles. The number of hydrogen-bond donors (Lipinski definition) is 1. The Kier molecular flexibility index (Phi) is 3.49. The third-order valence-electron chi connectivity index (χ3n) is 2.69. The highest BCUT2D eigenvalue weighted by Crippen LogP contribution is 2.15. The molecule has 1 aromatic heterocycles. The number of benzene rings is 1. The average Bonchev–Trinajstić information content (AvgIpc) is 2.35. The van der Waals surface area contributed by atoms with Crippen LogP contribution >= 0.6 is 0 Å². The minimum absolute atomic E-state index is 0.120. The summed E-state index contributed by atoms with van der Waals surface area (Å²) in [5.74, 6) is 0.120. The molecule has 0 aliphatic carbocycles. The molecule has 3 heteroatoms. The van der Waals surface area contributed by atoms with Gasteiger partial charge in [0.2, 0.25) is 0 Å². The van der Waals surface area contributed by atoms with Crippen molar-refractivity contribution < 1.29 is 4.79 Å². The summed E-state index contributed by atoms with van der Waals surface area (Å²) in [4.78, 5) is 16.2. The molecule has 0 atom stereocenters. The molecule has 2 rings (SSSR count). The van der Waals surface area contributed by atoms with Crippen molar-refractivity contribution in [3.05, 3.63) is 41.6 Å². The van der Waals surface area contributed by atoms with Crippen LogP contribution < -0.4 is 5.32 Å². The fraction of sp³-hybridized carbons (Fsp3) is 0.286. The van der Waals surface area contributed by atoms with Crippen molar-refractivity contribution in [3.8, 4) is 0 Å². The molecule has 88 valence electrons.